The summed E-state index contributed by atoms with van der Waals surface area (Å²) >= 11 is 5.02. The highest BCUT2D eigenvalue weighted by atomic mass is 79.9. The first-order valence-electron chi connectivity index (χ1n) is 12.2. The number of halogens is 1. The lowest BCUT2D eigenvalue weighted by Gasteiger charge is -2.26. The summed E-state index contributed by atoms with van der Waals surface area (Å²) < 4.78 is 35.3. The molecule has 2 heterocycles. The Bertz CT molecular complexity index is 1520. The van der Waals surface area contributed by atoms with Crippen molar-refractivity contribution in [2.45, 2.75) is 22.3 Å². The molecular weight excluding hydrogens is 602 g/mol. The minimum Gasteiger partial charge on any atom is -0.379 e. The maximum absolute atomic E-state index is 12.9. The van der Waals surface area contributed by atoms with Crippen LogP contribution in [0.25, 0.3) is 5.69 Å². The van der Waals surface area contributed by atoms with Gasteiger partial charge in [-0.2, -0.15) is 4.31 Å². The van der Waals surface area contributed by atoms with Crippen LogP contribution in [0.2, 0.25) is 0 Å². The maximum atomic E-state index is 12.9. The van der Waals surface area contributed by atoms with Crippen molar-refractivity contribution in [2.24, 2.45) is 0 Å². The number of morpholine rings is 1. The predicted molar refractivity (Wildman–Crippen MR) is 152 cm³/mol. The van der Waals surface area contributed by atoms with Crippen LogP contribution in [0.3, 0.4) is 0 Å². The molecule has 0 bridgehead atoms. The second-order valence-electron chi connectivity index (χ2n) is 8.71. The lowest BCUT2D eigenvalue weighted by Crippen LogP contribution is -2.40. The summed E-state index contributed by atoms with van der Waals surface area (Å²) in [5.41, 5.74) is 2.40. The van der Waals surface area contributed by atoms with Gasteiger partial charge in [-0.1, -0.05) is 58.0 Å². The number of carbonyl (C=O) groups is 1. The van der Waals surface area contributed by atoms with Gasteiger partial charge in [0.15, 0.2) is 11.0 Å². The number of rotatable bonds is 9. The van der Waals surface area contributed by atoms with Crippen LogP contribution in [0.4, 0.5) is 0 Å². The second kappa shape index (κ2) is 12.4. The first-order valence-corrected chi connectivity index (χ1v) is 15.5. The smallest absolute Gasteiger partial charge is 0.251 e. The third-order valence-electron chi connectivity index (χ3n) is 6.13. The summed E-state index contributed by atoms with van der Waals surface area (Å²) in [5.74, 6) is 0.959. The van der Waals surface area contributed by atoms with Crippen molar-refractivity contribution in [3.63, 3.8) is 0 Å². The zero-order chi connectivity index (χ0) is 27.2. The van der Waals surface area contributed by atoms with Gasteiger partial charge in [0, 0.05) is 34.6 Å². The van der Waals surface area contributed by atoms with Crippen molar-refractivity contribution in [1.29, 1.82) is 0 Å². The molecule has 0 atom stereocenters. The fraction of sp³-hybridized carbons (Fsp3) is 0.222. The number of benzene rings is 3. The number of nitrogens with one attached hydrogen (secondary N) is 1. The monoisotopic (exact) mass is 627 g/mol. The van der Waals surface area contributed by atoms with E-state index in [1.165, 1.54) is 28.6 Å². The van der Waals surface area contributed by atoms with E-state index >= 15 is 0 Å². The fourth-order valence-corrected chi connectivity index (χ4v) is 6.65. The third kappa shape index (κ3) is 6.59. The maximum Gasteiger partial charge on any atom is 0.251 e. The molecule has 5 rings (SSSR count). The van der Waals surface area contributed by atoms with Gasteiger partial charge in [-0.05, 0) is 54.1 Å². The van der Waals surface area contributed by atoms with E-state index in [0.29, 0.717) is 48.6 Å². The minimum absolute atomic E-state index is 0.146. The molecule has 1 saturated heterocycles. The van der Waals surface area contributed by atoms with E-state index in [1.54, 1.807) is 11.8 Å². The summed E-state index contributed by atoms with van der Waals surface area (Å²) in [6.45, 7) is 1.52. The molecule has 0 radical (unpaired) electrons. The topological polar surface area (TPSA) is 106 Å². The number of para-hydroxylation sites is 1. The summed E-state index contributed by atoms with van der Waals surface area (Å²) in [4.78, 5) is 13.1. The van der Waals surface area contributed by atoms with Crippen molar-refractivity contribution >= 4 is 43.6 Å². The Morgan fingerprint density at radius 1 is 0.949 bits per heavy atom. The van der Waals surface area contributed by atoms with Gasteiger partial charge in [0.25, 0.3) is 5.91 Å². The van der Waals surface area contributed by atoms with Crippen LogP contribution < -0.4 is 5.32 Å². The van der Waals surface area contributed by atoms with E-state index < -0.39 is 10.0 Å². The van der Waals surface area contributed by atoms with Gasteiger partial charge in [-0.25, -0.2) is 8.42 Å². The minimum atomic E-state index is -3.63. The van der Waals surface area contributed by atoms with Crippen LogP contribution in [0, 0.1) is 0 Å². The van der Waals surface area contributed by atoms with Crippen molar-refractivity contribution in [3.05, 3.63) is 100 Å². The van der Waals surface area contributed by atoms with Crippen LogP contribution in [0.1, 0.15) is 21.7 Å². The SMILES string of the molecule is O=C(NCc1nnc(SCc2ccc(Br)cc2)n1-c1ccccc1)c1ccc(S(=O)(=O)N2CCOCC2)cc1. The third-order valence-corrected chi connectivity index (χ3v) is 9.57. The van der Waals surface area contributed by atoms with Crippen molar-refractivity contribution < 1.29 is 17.9 Å². The average molecular weight is 629 g/mol. The van der Waals surface area contributed by atoms with Gasteiger partial charge >= 0.3 is 0 Å². The van der Waals surface area contributed by atoms with Gasteiger partial charge in [-0.15, -0.1) is 10.2 Å². The molecule has 39 heavy (non-hydrogen) atoms. The number of aromatic nitrogens is 3. The molecule has 9 nitrogen and oxygen atoms in total. The number of ether oxygens (including phenoxy) is 1. The zero-order valence-corrected chi connectivity index (χ0v) is 24.1. The average Bonchev–Trinajstić information content (AvgIpc) is 3.39. The van der Waals surface area contributed by atoms with Crippen molar-refractivity contribution in [1.82, 2.24) is 24.4 Å². The van der Waals surface area contributed by atoms with Crippen LogP contribution in [0.15, 0.2) is 93.4 Å². The van der Waals surface area contributed by atoms with E-state index in [1.807, 2.05) is 47.0 Å². The molecule has 1 amide bonds. The summed E-state index contributed by atoms with van der Waals surface area (Å²) in [7, 11) is -3.63. The van der Waals surface area contributed by atoms with Crippen LogP contribution in [-0.4, -0.2) is 59.7 Å². The van der Waals surface area contributed by atoms with Gasteiger partial charge in [0.1, 0.15) is 0 Å². The second-order valence-corrected chi connectivity index (χ2v) is 12.5. The van der Waals surface area contributed by atoms with Gasteiger partial charge in [-0.3, -0.25) is 9.36 Å². The number of hydrogen-bond acceptors (Lipinski definition) is 7. The van der Waals surface area contributed by atoms with E-state index in [0.717, 1.165) is 15.7 Å². The van der Waals surface area contributed by atoms with Gasteiger partial charge < -0.3 is 10.1 Å². The number of hydrogen-bond donors (Lipinski definition) is 1. The van der Waals surface area contributed by atoms with E-state index in [9.17, 15) is 13.2 Å². The molecule has 1 N–H and O–H groups in total. The first-order chi connectivity index (χ1) is 18.9. The van der Waals surface area contributed by atoms with Crippen molar-refractivity contribution in [2.75, 3.05) is 26.3 Å². The Hall–Kier alpha value is -3.03. The molecule has 0 spiro atoms. The summed E-state index contributed by atoms with van der Waals surface area (Å²) in [6, 6.07) is 23.8. The van der Waals surface area contributed by atoms with Gasteiger partial charge in [0.2, 0.25) is 10.0 Å². The van der Waals surface area contributed by atoms with Crippen molar-refractivity contribution in [3.8, 4) is 5.69 Å². The molecule has 202 valence electrons. The Morgan fingerprint density at radius 2 is 1.64 bits per heavy atom. The standard InChI is InChI=1S/C27H26BrN5O4S2/c28-22-10-6-20(7-11-22)19-38-27-31-30-25(33(27)23-4-2-1-3-5-23)18-29-26(34)21-8-12-24(13-9-21)39(35,36)32-14-16-37-17-15-32/h1-13H,14-19H2,(H,29,34). The van der Waals surface area contributed by atoms with Gasteiger partial charge in [0.05, 0.1) is 24.7 Å². The molecular formula is C27H26BrN5O4S2. The van der Waals surface area contributed by atoms with E-state index in [4.69, 9.17) is 4.74 Å². The molecule has 3 aromatic carbocycles. The normalized spacial score (nSPS) is 14.3. The van der Waals surface area contributed by atoms with Crippen LogP contribution in [0.5, 0.6) is 0 Å². The molecule has 1 aliphatic rings. The Morgan fingerprint density at radius 3 is 2.33 bits per heavy atom. The largest absolute Gasteiger partial charge is 0.379 e. The Balaban J connectivity index is 1.29. The zero-order valence-electron chi connectivity index (χ0n) is 20.9. The number of thioether (sulfide) groups is 1. The molecule has 12 heteroatoms. The summed E-state index contributed by atoms with van der Waals surface area (Å²) in [6.07, 6.45) is 0. The molecule has 1 fully saturated rings. The molecule has 0 aliphatic carbocycles. The first kappa shape index (κ1) is 27.5. The predicted octanol–water partition coefficient (Wildman–Crippen LogP) is 4.27. The number of sulfonamides is 1. The number of nitrogens with zero attached hydrogens (tertiary/aromatic N) is 4. The van der Waals surface area contributed by atoms with E-state index in [-0.39, 0.29) is 17.3 Å². The highest BCUT2D eigenvalue weighted by molar-refractivity contribution is 9.10. The number of amides is 1. The lowest BCUT2D eigenvalue weighted by atomic mass is 10.2. The molecule has 0 saturated carbocycles. The van der Waals surface area contributed by atoms with Crippen LogP contribution >= 0.6 is 27.7 Å². The Kier molecular flexibility index (Phi) is 8.78. The van der Waals surface area contributed by atoms with Crippen LogP contribution in [-0.2, 0) is 27.1 Å². The quantitative estimate of drug-likeness (QED) is 0.276. The summed E-state index contributed by atoms with van der Waals surface area (Å²) in [5, 5.41) is 12.4. The molecule has 1 aromatic heterocycles. The molecule has 0 unspecified atom stereocenters. The Labute approximate surface area is 239 Å². The van der Waals surface area contributed by atoms with E-state index in [2.05, 4.69) is 43.6 Å². The highest BCUT2D eigenvalue weighted by Crippen LogP contribution is 2.26. The molecule has 4 aromatic rings. The highest BCUT2D eigenvalue weighted by Gasteiger charge is 2.26. The lowest BCUT2D eigenvalue weighted by molar-refractivity contribution is 0.0730. The fourth-order valence-electron chi connectivity index (χ4n) is 4.05. The molecule has 1 aliphatic heterocycles. The number of carbonyl (C=O) groups excluding carboxylic acids is 1.